The average molecular weight is 236 g/mol. The van der Waals surface area contributed by atoms with E-state index >= 15 is 0 Å². The summed E-state index contributed by atoms with van der Waals surface area (Å²) in [6.07, 6.45) is 1.91. The maximum absolute atomic E-state index is 4.46. The van der Waals surface area contributed by atoms with Gasteiger partial charge in [-0.15, -0.1) is 0 Å². The van der Waals surface area contributed by atoms with Crippen molar-refractivity contribution >= 4 is 11.0 Å². The maximum Gasteiger partial charge on any atom is 0.100 e. The maximum atomic E-state index is 4.46. The van der Waals surface area contributed by atoms with Gasteiger partial charge in [0.2, 0.25) is 0 Å². The number of imidazole rings is 1. The van der Waals surface area contributed by atoms with Gasteiger partial charge in [0.05, 0.1) is 16.7 Å². The highest BCUT2D eigenvalue weighted by Crippen LogP contribution is 2.25. The zero-order valence-corrected chi connectivity index (χ0v) is 10.7. The van der Waals surface area contributed by atoms with E-state index in [-0.39, 0.29) is 0 Å². The number of hydrogen-bond donors (Lipinski definition) is 0. The van der Waals surface area contributed by atoms with Gasteiger partial charge in [-0.1, -0.05) is 44.2 Å². The summed E-state index contributed by atoms with van der Waals surface area (Å²) in [5.74, 6) is 0.502. The Morgan fingerprint density at radius 2 is 1.67 bits per heavy atom. The molecule has 0 radical (unpaired) electrons. The molecule has 0 bridgehead atoms. The third-order valence-electron chi connectivity index (χ3n) is 3.27. The van der Waals surface area contributed by atoms with E-state index in [2.05, 4.69) is 59.8 Å². The van der Waals surface area contributed by atoms with Crippen molar-refractivity contribution in [3.8, 4) is 5.69 Å². The van der Waals surface area contributed by atoms with Crippen molar-refractivity contribution in [2.45, 2.75) is 19.8 Å². The Balaban J connectivity index is 2.27. The molecule has 1 aromatic heterocycles. The monoisotopic (exact) mass is 236 g/mol. The molecule has 18 heavy (non-hydrogen) atoms. The lowest BCUT2D eigenvalue weighted by molar-refractivity contribution is 0.849. The van der Waals surface area contributed by atoms with Crippen LogP contribution in [0.1, 0.15) is 25.3 Å². The molecule has 3 rings (SSSR count). The fourth-order valence-electron chi connectivity index (χ4n) is 2.35. The number of aromatic nitrogens is 2. The van der Waals surface area contributed by atoms with E-state index in [9.17, 15) is 0 Å². The number of para-hydroxylation sites is 3. The first-order chi connectivity index (χ1) is 8.77. The van der Waals surface area contributed by atoms with Gasteiger partial charge in [0.1, 0.15) is 6.33 Å². The predicted octanol–water partition coefficient (Wildman–Crippen LogP) is 4.15. The highest BCUT2D eigenvalue weighted by Gasteiger charge is 2.10. The van der Waals surface area contributed by atoms with Crippen LogP contribution in [0.4, 0.5) is 0 Å². The van der Waals surface area contributed by atoms with E-state index in [0.717, 1.165) is 11.0 Å². The van der Waals surface area contributed by atoms with E-state index in [0.29, 0.717) is 5.92 Å². The van der Waals surface area contributed by atoms with Crippen LogP contribution in [-0.2, 0) is 0 Å². The molecule has 0 spiro atoms. The number of fused-ring (bicyclic) bond motifs is 1. The summed E-state index contributed by atoms with van der Waals surface area (Å²) in [7, 11) is 0. The van der Waals surface area contributed by atoms with Crippen molar-refractivity contribution in [3.05, 3.63) is 60.4 Å². The van der Waals surface area contributed by atoms with Crippen LogP contribution >= 0.6 is 0 Å². The Morgan fingerprint density at radius 3 is 2.50 bits per heavy atom. The molecule has 1 heterocycles. The van der Waals surface area contributed by atoms with E-state index in [1.54, 1.807) is 0 Å². The van der Waals surface area contributed by atoms with Gasteiger partial charge in [-0.3, -0.25) is 4.57 Å². The first kappa shape index (κ1) is 11.0. The third kappa shape index (κ3) is 1.70. The van der Waals surface area contributed by atoms with Gasteiger partial charge in [0.25, 0.3) is 0 Å². The largest absolute Gasteiger partial charge is 0.299 e. The number of nitrogens with zero attached hydrogens (tertiary/aromatic N) is 2. The summed E-state index contributed by atoms with van der Waals surface area (Å²) in [6.45, 7) is 4.44. The number of benzene rings is 2. The van der Waals surface area contributed by atoms with E-state index in [4.69, 9.17) is 0 Å². The topological polar surface area (TPSA) is 17.8 Å². The molecule has 0 fully saturated rings. The van der Waals surface area contributed by atoms with Gasteiger partial charge >= 0.3 is 0 Å². The van der Waals surface area contributed by atoms with Crippen molar-refractivity contribution in [2.75, 3.05) is 0 Å². The Morgan fingerprint density at radius 1 is 0.944 bits per heavy atom. The second-order valence-electron chi connectivity index (χ2n) is 4.82. The first-order valence-corrected chi connectivity index (χ1v) is 6.29. The average Bonchev–Trinajstić information content (AvgIpc) is 2.82. The Bertz CT molecular complexity index is 680. The molecule has 0 amide bonds. The van der Waals surface area contributed by atoms with Gasteiger partial charge in [0, 0.05) is 0 Å². The van der Waals surface area contributed by atoms with Gasteiger partial charge < -0.3 is 0 Å². The third-order valence-corrected chi connectivity index (χ3v) is 3.27. The van der Waals surface area contributed by atoms with Crippen LogP contribution in [0.25, 0.3) is 16.7 Å². The number of rotatable bonds is 2. The van der Waals surface area contributed by atoms with Gasteiger partial charge in [0.15, 0.2) is 0 Å². The van der Waals surface area contributed by atoms with Crippen LogP contribution in [0, 0.1) is 0 Å². The first-order valence-electron chi connectivity index (χ1n) is 6.29. The van der Waals surface area contributed by atoms with Crippen LogP contribution in [0.5, 0.6) is 0 Å². The molecule has 0 aliphatic rings. The van der Waals surface area contributed by atoms with E-state index in [1.807, 2.05) is 18.5 Å². The van der Waals surface area contributed by atoms with Crippen molar-refractivity contribution in [2.24, 2.45) is 0 Å². The SMILES string of the molecule is CC(C)c1ccccc1-n1cnc2ccccc21. The standard InChI is InChI=1S/C16H16N2/c1-12(2)13-7-3-5-9-15(13)18-11-17-14-8-4-6-10-16(14)18/h3-12H,1-2H3. The second kappa shape index (κ2) is 4.30. The molecule has 2 nitrogen and oxygen atoms in total. The van der Waals surface area contributed by atoms with Crippen LogP contribution in [0.2, 0.25) is 0 Å². The molecule has 90 valence electrons. The fourth-order valence-corrected chi connectivity index (χ4v) is 2.35. The van der Waals surface area contributed by atoms with Crippen molar-refractivity contribution in [1.82, 2.24) is 9.55 Å². The van der Waals surface area contributed by atoms with Crippen molar-refractivity contribution < 1.29 is 0 Å². The molecule has 0 N–H and O–H groups in total. The lowest BCUT2D eigenvalue weighted by atomic mass is 10.0. The van der Waals surface area contributed by atoms with Gasteiger partial charge in [-0.2, -0.15) is 0 Å². The number of hydrogen-bond acceptors (Lipinski definition) is 1. The zero-order valence-electron chi connectivity index (χ0n) is 10.7. The summed E-state index contributed by atoms with van der Waals surface area (Å²) in [5, 5.41) is 0. The minimum atomic E-state index is 0.502. The Hall–Kier alpha value is -2.09. The Labute approximate surface area is 107 Å². The quantitative estimate of drug-likeness (QED) is 0.653. The minimum Gasteiger partial charge on any atom is -0.299 e. The molecule has 3 aromatic rings. The highest BCUT2D eigenvalue weighted by atomic mass is 15.0. The van der Waals surface area contributed by atoms with Crippen molar-refractivity contribution in [1.29, 1.82) is 0 Å². The molecule has 2 aromatic carbocycles. The fraction of sp³-hybridized carbons (Fsp3) is 0.188. The normalized spacial score (nSPS) is 11.3. The molecule has 0 saturated carbocycles. The summed E-state index contributed by atoms with van der Waals surface area (Å²) in [5.41, 5.74) is 4.77. The molecule has 0 unspecified atom stereocenters. The van der Waals surface area contributed by atoms with Crippen LogP contribution in [0.3, 0.4) is 0 Å². The zero-order chi connectivity index (χ0) is 12.5. The smallest absolute Gasteiger partial charge is 0.100 e. The summed E-state index contributed by atoms with van der Waals surface area (Å²) >= 11 is 0. The second-order valence-corrected chi connectivity index (χ2v) is 4.82. The molecule has 0 aliphatic carbocycles. The van der Waals surface area contributed by atoms with Crippen LogP contribution in [0.15, 0.2) is 54.9 Å². The molecule has 0 aliphatic heterocycles. The molecular formula is C16H16N2. The predicted molar refractivity (Wildman–Crippen MR) is 75.2 cm³/mol. The summed E-state index contributed by atoms with van der Waals surface area (Å²) < 4.78 is 2.17. The van der Waals surface area contributed by atoms with Crippen LogP contribution < -0.4 is 0 Å². The lowest BCUT2D eigenvalue weighted by Crippen LogP contribution is -1.99. The molecular weight excluding hydrogens is 220 g/mol. The molecule has 0 saturated heterocycles. The van der Waals surface area contributed by atoms with Crippen molar-refractivity contribution in [3.63, 3.8) is 0 Å². The molecule has 2 heteroatoms. The molecule has 0 atom stereocenters. The minimum absolute atomic E-state index is 0.502. The van der Waals surface area contributed by atoms with E-state index in [1.165, 1.54) is 11.3 Å². The summed E-state index contributed by atoms with van der Waals surface area (Å²) in [6, 6.07) is 16.8. The van der Waals surface area contributed by atoms with Gasteiger partial charge in [-0.25, -0.2) is 4.98 Å². The lowest BCUT2D eigenvalue weighted by Gasteiger charge is -2.13. The van der Waals surface area contributed by atoms with Gasteiger partial charge in [-0.05, 0) is 29.7 Å². The van der Waals surface area contributed by atoms with Crippen LogP contribution in [-0.4, -0.2) is 9.55 Å². The summed E-state index contributed by atoms with van der Waals surface area (Å²) in [4.78, 5) is 4.46. The highest BCUT2D eigenvalue weighted by molar-refractivity contribution is 5.77. The Kier molecular flexibility index (Phi) is 2.63. The van der Waals surface area contributed by atoms with E-state index < -0.39 is 0 Å².